The molecule has 1 amide bonds. The summed E-state index contributed by atoms with van der Waals surface area (Å²) in [5, 5.41) is 14.6. The van der Waals surface area contributed by atoms with Gasteiger partial charge in [0.25, 0.3) is 11.6 Å². The third-order valence-corrected chi connectivity index (χ3v) is 3.83. The van der Waals surface area contributed by atoms with Crippen molar-refractivity contribution < 1.29 is 14.5 Å². The quantitative estimate of drug-likeness (QED) is 0.384. The smallest absolute Gasteiger partial charge is 0.271 e. The predicted molar refractivity (Wildman–Crippen MR) is 105 cm³/mol. The molecule has 0 saturated heterocycles. The number of hydrogen-bond donors (Lipinski definition) is 1. The molecule has 0 aromatic heterocycles. The van der Waals surface area contributed by atoms with Gasteiger partial charge in [0.2, 0.25) is 0 Å². The number of hydrazone groups is 1. The molecule has 0 fully saturated rings. The summed E-state index contributed by atoms with van der Waals surface area (Å²) in [5.74, 6) is 0.333. The second-order valence-corrected chi connectivity index (χ2v) is 5.85. The molecule has 7 heteroatoms. The fourth-order valence-corrected chi connectivity index (χ4v) is 2.38. The van der Waals surface area contributed by atoms with E-state index < -0.39 is 4.92 Å². The van der Waals surface area contributed by atoms with Crippen molar-refractivity contribution in [2.24, 2.45) is 5.10 Å². The van der Waals surface area contributed by atoms with Crippen LogP contribution in [0.5, 0.6) is 5.75 Å². The van der Waals surface area contributed by atoms with Crippen LogP contribution in [-0.4, -0.2) is 17.0 Å². The maximum absolute atomic E-state index is 11.9. The van der Waals surface area contributed by atoms with Crippen LogP contribution in [0.15, 0.2) is 84.0 Å². The number of carbonyl (C=O) groups is 1. The number of nitro groups is 1. The normalized spacial score (nSPS) is 10.6. The van der Waals surface area contributed by atoms with Gasteiger partial charge in [-0.05, 0) is 47.5 Å². The molecule has 0 heterocycles. The second-order valence-electron chi connectivity index (χ2n) is 5.85. The molecule has 1 N–H and O–H groups in total. The molecule has 0 aliphatic heterocycles. The number of amides is 1. The molecule has 3 rings (SSSR count). The van der Waals surface area contributed by atoms with E-state index in [0.717, 1.165) is 11.1 Å². The van der Waals surface area contributed by atoms with Crippen molar-refractivity contribution >= 4 is 17.8 Å². The number of nitrogens with zero attached hydrogens (tertiary/aromatic N) is 2. The lowest BCUT2D eigenvalue weighted by atomic mass is 10.2. The molecule has 7 nitrogen and oxygen atoms in total. The van der Waals surface area contributed by atoms with E-state index in [1.165, 1.54) is 18.3 Å². The van der Waals surface area contributed by atoms with Gasteiger partial charge in [0.15, 0.2) is 0 Å². The van der Waals surface area contributed by atoms with Gasteiger partial charge in [0, 0.05) is 17.7 Å². The summed E-state index contributed by atoms with van der Waals surface area (Å²) in [7, 11) is 0. The molecule has 0 spiro atoms. The van der Waals surface area contributed by atoms with Crippen molar-refractivity contribution in [2.75, 3.05) is 0 Å². The zero-order valence-corrected chi connectivity index (χ0v) is 14.8. The average Bonchev–Trinajstić information content (AvgIpc) is 2.73. The van der Waals surface area contributed by atoms with Gasteiger partial charge in [-0.1, -0.05) is 30.3 Å². The Balaban J connectivity index is 1.56. The highest BCUT2D eigenvalue weighted by atomic mass is 16.6. The lowest BCUT2D eigenvalue weighted by Gasteiger charge is -2.07. The summed E-state index contributed by atoms with van der Waals surface area (Å²) in [4.78, 5) is 22.2. The monoisotopic (exact) mass is 375 g/mol. The van der Waals surface area contributed by atoms with Crippen LogP contribution in [-0.2, 0) is 6.61 Å². The zero-order valence-electron chi connectivity index (χ0n) is 14.8. The van der Waals surface area contributed by atoms with Gasteiger partial charge in [0.1, 0.15) is 12.4 Å². The number of carbonyl (C=O) groups excluding carboxylic acids is 1. The van der Waals surface area contributed by atoms with Crippen LogP contribution >= 0.6 is 0 Å². The number of non-ortho nitro benzene ring substituents is 1. The molecule has 0 saturated carbocycles. The van der Waals surface area contributed by atoms with E-state index >= 15 is 0 Å². The van der Waals surface area contributed by atoms with E-state index in [2.05, 4.69) is 10.5 Å². The Morgan fingerprint density at radius 2 is 1.79 bits per heavy atom. The topological polar surface area (TPSA) is 93.8 Å². The van der Waals surface area contributed by atoms with E-state index in [1.807, 2.05) is 18.2 Å². The fourth-order valence-electron chi connectivity index (χ4n) is 2.38. The Labute approximate surface area is 161 Å². The van der Waals surface area contributed by atoms with Gasteiger partial charge >= 0.3 is 0 Å². The first-order valence-electron chi connectivity index (χ1n) is 8.46. The number of nitrogens with one attached hydrogen (secondary N) is 1. The standard InChI is InChI=1S/C21H17N3O4/c25-21(18-6-2-1-3-7-18)23-22-14-17-5-4-8-20(13-17)28-15-16-9-11-19(12-10-16)24(26)27/h1-14H,15H2,(H,23,25)/b22-14-. The minimum atomic E-state index is -0.440. The lowest BCUT2D eigenvalue weighted by molar-refractivity contribution is -0.384. The van der Waals surface area contributed by atoms with Gasteiger partial charge in [-0.25, -0.2) is 5.43 Å². The van der Waals surface area contributed by atoms with Crippen LogP contribution in [0.1, 0.15) is 21.5 Å². The first-order valence-corrected chi connectivity index (χ1v) is 8.46. The number of nitro benzene ring substituents is 1. The molecule has 3 aromatic carbocycles. The van der Waals surface area contributed by atoms with Crippen LogP contribution in [0.4, 0.5) is 5.69 Å². The predicted octanol–water partition coefficient (Wildman–Crippen LogP) is 3.94. The van der Waals surface area contributed by atoms with Gasteiger partial charge in [0.05, 0.1) is 11.1 Å². The second kappa shape index (κ2) is 9.09. The first-order chi connectivity index (χ1) is 13.6. The largest absolute Gasteiger partial charge is 0.489 e. The summed E-state index contributed by atoms with van der Waals surface area (Å²) in [6, 6.07) is 22.2. The minimum absolute atomic E-state index is 0.0412. The van der Waals surface area contributed by atoms with Gasteiger partial charge in [-0.15, -0.1) is 0 Å². The molecule has 0 bridgehead atoms. The zero-order chi connectivity index (χ0) is 19.8. The molecule has 0 aliphatic rings. The van der Waals surface area contributed by atoms with Crippen LogP contribution in [0.2, 0.25) is 0 Å². The summed E-state index contributed by atoms with van der Waals surface area (Å²) >= 11 is 0. The molecule has 0 radical (unpaired) electrons. The summed E-state index contributed by atoms with van der Waals surface area (Å²) in [6.45, 7) is 0.281. The van der Waals surface area contributed by atoms with E-state index in [9.17, 15) is 14.9 Å². The molecule has 3 aromatic rings. The number of ether oxygens (including phenoxy) is 1. The van der Waals surface area contributed by atoms with Gasteiger partial charge in [-0.3, -0.25) is 14.9 Å². The van der Waals surface area contributed by atoms with Crippen LogP contribution in [0.25, 0.3) is 0 Å². The number of rotatable bonds is 7. The highest BCUT2D eigenvalue weighted by molar-refractivity contribution is 5.94. The van der Waals surface area contributed by atoms with E-state index in [0.29, 0.717) is 11.3 Å². The Morgan fingerprint density at radius 3 is 2.50 bits per heavy atom. The molecule has 140 valence electrons. The van der Waals surface area contributed by atoms with E-state index in [1.54, 1.807) is 48.5 Å². The van der Waals surface area contributed by atoms with Crippen LogP contribution < -0.4 is 10.2 Å². The third kappa shape index (κ3) is 5.25. The van der Waals surface area contributed by atoms with E-state index in [-0.39, 0.29) is 18.2 Å². The van der Waals surface area contributed by atoms with Crippen LogP contribution in [0, 0.1) is 10.1 Å². The molecule has 0 aliphatic carbocycles. The van der Waals surface area contributed by atoms with E-state index in [4.69, 9.17) is 4.74 Å². The summed E-state index contributed by atoms with van der Waals surface area (Å²) in [6.07, 6.45) is 1.53. The van der Waals surface area contributed by atoms with Crippen molar-refractivity contribution in [3.8, 4) is 5.75 Å². The lowest BCUT2D eigenvalue weighted by Crippen LogP contribution is -2.17. The fraction of sp³-hybridized carbons (Fsp3) is 0.0476. The maximum atomic E-state index is 11.9. The van der Waals surface area contributed by atoms with Crippen molar-refractivity contribution in [3.63, 3.8) is 0 Å². The van der Waals surface area contributed by atoms with Crippen molar-refractivity contribution in [1.82, 2.24) is 5.43 Å². The molecular weight excluding hydrogens is 358 g/mol. The molecule has 0 atom stereocenters. The average molecular weight is 375 g/mol. The highest BCUT2D eigenvalue weighted by Gasteiger charge is 2.05. The van der Waals surface area contributed by atoms with Crippen LogP contribution in [0.3, 0.4) is 0 Å². The van der Waals surface area contributed by atoms with Gasteiger partial charge < -0.3 is 4.74 Å². The number of hydrogen-bond acceptors (Lipinski definition) is 5. The Morgan fingerprint density at radius 1 is 1.04 bits per heavy atom. The SMILES string of the molecule is O=C(N/N=C\c1cccc(OCc2ccc([N+](=O)[O-])cc2)c1)c1ccccc1. The molecule has 28 heavy (non-hydrogen) atoms. The van der Waals surface area contributed by atoms with Crippen molar-refractivity contribution in [2.45, 2.75) is 6.61 Å². The minimum Gasteiger partial charge on any atom is -0.489 e. The summed E-state index contributed by atoms with van der Waals surface area (Å²) < 4.78 is 5.71. The Kier molecular flexibility index (Phi) is 6.10. The first kappa shape index (κ1) is 18.8. The summed E-state index contributed by atoms with van der Waals surface area (Å²) in [5.41, 5.74) is 4.62. The number of benzene rings is 3. The maximum Gasteiger partial charge on any atom is 0.271 e. The third-order valence-electron chi connectivity index (χ3n) is 3.83. The van der Waals surface area contributed by atoms with Crippen molar-refractivity contribution in [3.05, 3.63) is 106 Å². The molecule has 0 unspecified atom stereocenters. The Hall–Kier alpha value is -4.00. The Bertz CT molecular complexity index is 986. The highest BCUT2D eigenvalue weighted by Crippen LogP contribution is 2.16. The van der Waals surface area contributed by atoms with Crippen molar-refractivity contribution in [1.29, 1.82) is 0 Å². The molecular formula is C21H17N3O4. The van der Waals surface area contributed by atoms with Gasteiger partial charge in [-0.2, -0.15) is 5.10 Å².